The molecular weight excluding hydrogens is 470 g/mol. The standard InChI is InChI=1S/C25H29N3O6S/c1-28(19-7-5-4-6-8-19)25(31)24(17-9-12-20(34-2)13-10-17)26-16-23(30)18-11-14-22(29)21(15-18)27-35(3,32)33/h4-15,23-24,26-27,29-30H,16H2,1-3H3/t23?,24-/m0/s1. The maximum Gasteiger partial charge on any atom is 0.248 e. The number of likely N-dealkylation sites (N-methyl/N-ethyl adjacent to an activating group) is 1. The summed E-state index contributed by atoms with van der Waals surface area (Å²) in [6, 6.07) is 19.6. The highest BCUT2D eigenvalue weighted by molar-refractivity contribution is 7.92. The third-order valence-corrected chi connectivity index (χ3v) is 5.98. The van der Waals surface area contributed by atoms with Gasteiger partial charge in [-0.3, -0.25) is 14.8 Å². The van der Waals surface area contributed by atoms with Crippen LogP contribution in [0, 0.1) is 0 Å². The van der Waals surface area contributed by atoms with Crippen molar-refractivity contribution < 1.29 is 28.2 Å². The molecule has 9 nitrogen and oxygen atoms in total. The first-order valence-corrected chi connectivity index (χ1v) is 12.7. The van der Waals surface area contributed by atoms with Crippen molar-refractivity contribution in [1.29, 1.82) is 0 Å². The summed E-state index contributed by atoms with van der Waals surface area (Å²) in [5.41, 5.74) is 1.71. The van der Waals surface area contributed by atoms with Crippen LogP contribution in [-0.2, 0) is 14.8 Å². The maximum atomic E-state index is 13.4. The summed E-state index contributed by atoms with van der Waals surface area (Å²) in [5, 5.41) is 23.9. The third kappa shape index (κ3) is 6.95. The van der Waals surface area contributed by atoms with E-state index < -0.39 is 22.2 Å². The molecule has 0 aliphatic carbocycles. The number of carbonyl (C=O) groups is 1. The fourth-order valence-electron chi connectivity index (χ4n) is 3.51. The van der Waals surface area contributed by atoms with Gasteiger partial charge in [0.25, 0.3) is 0 Å². The Balaban J connectivity index is 1.83. The first-order valence-electron chi connectivity index (χ1n) is 10.8. The van der Waals surface area contributed by atoms with Crippen LogP contribution in [0.25, 0.3) is 0 Å². The normalized spacial score (nSPS) is 13.0. The molecule has 35 heavy (non-hydrogen) atoms. The van der Waals surface area contributed by atoms with E-state index >= 15 is 0 Å². The summed E-state index contributed by atoms with van der Waals surface area (Å²) >= 11 is 0. The molecule has 0 aromatic heterocycles. The number of rotatable bonds is 10. The molecular formula is C25H29N3O6S. The van der Waals surface area contributed by atoms with Gasteiger partial charge in [-0.25, -0.2) is 8.42 Å². The highest BCUT2D eigenvalue weighted by Gasteiger charge is 2.26. The Morgan fingerprint density at radius 2 is 1.66 bits per heavy atom. The lowest BCUT2D eigenvalue weighted by molar-refractivity contribution is -0.120. The molecule has 0 bridgehead atoms. The number of para-hydroxylation sites is 1. The van der Waals surface area contributed by atoms with E-state index in [1.807, 2.05) is 30.3 Å². The summed E-state index contributed by atoms with van der Waals surface area (Å²) in [6.45, 7) is -0.0197. The number of amides is 1. The molecule has 0 aliphatic rings. The highest BCUT2D eigenvalue weighted by atomic mass is 32.2. The van der Waals surface area contributed by atoms with E-state index in [2.05, 4.69) is 10.0 Å². The summed E-state index contributed by atoms with van der Waals surface area (Å²) in [5.74, 6) is 0.139. The van der Waals surface area contributed by atoms with Crippen molar-refractivity contribution in [3.63, 3.8) is 0 Å². The van der Waals surface area contributed by atoms with Gasteiger partial charge in [0.2, 0.25) is 15.9 Å². The SMILES string of the molecule is COc1ccc([C@H](NCC(O)c2ccc(O)c(NS(C)(=O)=O)c2)C(=O)N(C)c2ccccc2)cc1. The number of nitrogens with zero attached hydrogens (tertiary/aromatic N) is 1. The van der Waals surface area contributed by atoms with Gasteiger partial charge in [0.05, 0.1) is 25.2 Å². The number of anilines is 2. The lowest BCUT2D eigenvalue weighted by Crippen LogP contribution is -2.40. The zero-order chi connectivity index (χ0) is 25.6. The van der Waals surface area contributed by atoms with Crippen molar-refractivity contribution in [3.8, 4) is 11.5 Å². The van der Waals surface area contributed by atoms with E-state index in [0.29, 0.717) is 22.6 Å². The number of nitrogens with one attached hydrogen (secondary N) is 2. The number of phenols is 1. The summed E-state index contributed by atoms with van der Waals surface area (Å²) < 4.78 is 30.5. The zero-order valence-electron chi connectivity index (χ0n) is 19.7. The predicted molar refractivity (Wildman–Crippen MR) is 135 cm³/mol. The largest absolute Gasteiger partial charge is 0.506 e. The molecule has 0 radical (unpaired) electrons. The number of carbonyl (C=O) groups excluding carboxylic acids is 1. The lowest BCUT2D eigenvalue weighted by Gasteiger charge is -2.26. The molecule has 1 amide bonds. The third-order valence-electron chi connectivity index (χ3n) is 5.39. The quantitative estimate of drug-likeness (QED) is 0.316. The molecule has 3 aromatic carbocycles. The highest BCUT2D eigenvalue weighted by Crippen LogP contribution is 2.28. The van der Waals surface area contributed by atoms with Crippen LogP contribution in [0.5, 0.6) is 11.5 Å². The van der Waals surface area contributed by atoms with Crippen LogP contribution in [0.1, 0.15) is 23.3 Å². The number of hydrogen-bond donors (Lipinski definition) is 4. The Kier molecular flexibility index (Phi) is 8.34. The van der Waals surface area contributed by atoms with Gasteiger partial charge in [-0.1, -0.05) is 36.4 Å². The number of hydrogen-bond acceptors (Lipinski definition) is 7. The van der Waals surface area contributed by atoms with E-state index in [9.17, 15) is 23.4 Å². The smallest absolute Gasteiger partial charge is 0.248 e. The second kappa shape index (κ2) is 11.2. The molecule has 10 heteroatoms. The van der Waals surface area contributed by atoms with E-state index in [0.717, 1.165) is 6.26 Å². The molecule has 0 fully saturated rings. The zero-order valence-corrected chi connectivity index (χ0v) is 20.5. The molecule has 3 rings (SSSR count). The van der Waals surface area contributed by atoms with Crippen molar-refractivity contribution in [2.24, 2.45) is 0 Å². The topological polar surface area (TPSA) is 128 Å². The van der Waals surface area contributed by atoms with Crippen LogP contribution in [0.2, 0.25) is 0 Å². The van der Waals surface area contributed by atoms with Gasteiger partial charge in [-0.15, -0.1) is 0 Å². The number of benzene rings is 3. The van der Waals surface area contributed by atoms with E-state index in [1.165, 1.54) is 23.1 Å². The van der Waals surface area contributed by atoms with Crippen molar-refractivity contribution in [3.05, 3.63) is 83.9 Å². The molecule has 1 unspecified atom stereocenters. The van der Waals surface area contributed by atoms with E-state index in [-0.39, 0.29) is 23.9 Å². The number of aliphatic hydroxyl groups excluding tert-OH is 1. The molecule has 0 heterocycles. The monoisotopic (exact) mass is 499 g/mol. The van der Waals surface area contributed by atoms with Crippen molar-refractivity contribution in [2.45, 2.75) is 12.1 Å². The average molecular weight is 500 g/mol. The predicted octanol–water partition coefficient (Wildman–Crippen LogP) is 2.80. The van der Waals surface area contributed by atoms with Crippen molar-refractivity contribution in [2.75, 3.05) is 36.6 Å². The number of phenolic OH excluding ortho intramolecular Hbond substituents is 1. The molecule has 186 valence electrons. The Hall–Kier alpha value is -3.60. The Labute approximate surface area is 205 Å². The summed E-state index contributed by atoms with van der Waals surface area (Å²) in [6.07, 6.45) is -0.128. The van der Waals surface area contributed by atoms with E-state index in [4.69, 9.17) is 4.74 Å². The number of aromatic hydroxyl groups is 1. The fraction of sp³-hybridized carbons (Fsp3) is 0.240. The number of ether oxygens (including phenoxy) is 1. The van der Waals surface area contributed by atoms with Gasteiger partial charge in [-0.2, -0.15) is 0 Å². The van der Waals surface area contributed by atoms with Crippen molar-refractivity contribution in [1.82, 2.24) is 5.32 Å². The number of aliphatic hydroxyl groups is 1. The minimum Gasteiger partial charge on any atom is -0.506 e. The minimum absolute atomic E-state index is 0.0197. The number of sulfonamides is 1. The van der Waals surface area contributed by atoms with Gasteiger partial charge in [0.1, 0.15) is 17.5 Å². The van der Waals surface area contributed by atoms with Gasteiger partial charge >= 0.3 is 0 Å². The lowest BCUT2D eigenvalue weighted by atomic mass is 10.0. The van der Waals surface area contributed by atoms with Crippen LogP contribution in [0.15, 0.2) is 72.8 Å². The first-order chi connectivity index (χ1) is 16.6. The maximum absolute atomic E-state index is 13.4. The Morgan fingerprint density at radius 3 is 2.26 bits per heavy atom. The summed E-state index contributed by atoms with van der Waals surface area (Å²) in [7, 11) is -0.393. The fourth-order valence-corrected chi connectivity index (χ4v) is 4.07. The molecule has 0 spiro atoms. The van der Waals surface area contributed by atoms with Crippen LogP contribution < -0.4 is 19.7 Å². The molecule has 2 atom stereocenters. The Bertz CT molecular complexity index is 1250. The molecule has 0 aliphatic heterocycles. The second-order valence-electron chi connectivity index (χ2n) is 8.01. The van der Waals surface area contributed by atoms with E-state index in [1.54, 1.807) is 38.4 Å². The minimum atomic E-state index is -3.62. The second-order valence-corrected chi connectivity index (χ2v) is 9.76. The molecule has 3 aromatic rings. The molecule has 0 saturated carbocycles. The molecule has 4 N–H and O–H groups in total. The van der Waals surface area contributed by atoms with Crippen LogP contribution in [0.3, 0.4) is 0 Å². The van der Waals surface area contributed by atoms with Gasteiger partial charge in [0, 0.05) is 19.3 Å². The first kappa shape index (κ1) is 26.0. The average Bonchev–Trinajstić information content (AvgIpc) is 2.84. The van der Waals surface area contributed by atoms with Gasteiger partial charge in [-0.05, 0) is 47.5 Å². The van der Waals surface area contributed by atoms with Crippen LogP contribution in [-0.4, -0.2) is 51.5 Å². The summed E-state index contributed by atoms with van der Waals surface area (Å²) in [4.78, 5) is 15.0. The van der Waals surface area contributed by atoms with Gasteiger partial charge in [0.15, 0.2) is 0 Å². The number of methoxy groups -OCH3 is 1. The van der Waals surface area contributed by atoms with Gasteiger partial charge < -0.3 is 19.8 Å². The molecule has 0 saturated heterocycles. The van der Waals surface area contributed by atoms with Crippen LogP contribution in [0.4, 0.5) is 11.4 Å². The van der Waals surface area contributed by atoms with Crippen LogP contribution >= 0.6 is 0 Å². The Morgan fingerprint density at radius 1 is 1.03 bits per heavy atom. The van der Waals surface area contributed by atoms with Crippen molar-refractivity contribution >= 4 is 27.3 Å².